The van der Waals surface area contributed by atoms with Crippen molar-refractivity contribution in [1.82, 2.24) is 4.98 Å². The van der Waals surface area contributed by atoms with Crippen LogP contribution in [0.1, 0.15) is 16.1 Å². The number of carboxylic acid groups (broad SMARTS) is 1. The lowest BCUT2D eigenvalue weighted by atomic mass is 10.2. The molecule has 0 aliphatic carbocycles. The lowest BCUT2D eigenvalue weighted by molar-refractivity contribution is 0.0691. The van der Waals surface area contributed by atoms with E-state index in [1.807, 2.05) is 30.3 Å². The first-order chi connectivity index (χ1) is 9.50. The summed E-state index contributed by atoms with van der Waals surface area (Å²) in [6.45, 7) is 0.559. The Balaban J connectivity index is 2.36. The minimum atomic E-state index is -1.18. The van der Waals surface area contributed by atoms with Gasteiger partial charge in [0.15, 0.2) is 5.69 Å². The SMILES string of the molecule is CN(Cc1ccccc1)c1c(Cl)cnc(C(=O)O)c1Cl. The van der Waals surface area contributed by atoms with Crippen molar-refractivity contribution in [2.45, 2.75) is 6.54 Å². The first-order valence-electron chi connectivity index (χ1n) is 5.83. The van der Waals surface area contributed by atoms with E-state index in [9.17, 15) is 4.79 Å². The number of rotatable bonds is 4. The number of nitrogens with zero attached hydrogens (tertiary/aromatic N) is 2. The van der Waals surface area contributed by atoms with Crippen LogP contribution in [-0.2, 0) is 6.54 Å². The Morgan fingerprint density at radius 2 is 1.95 bits per heavy atom. The molecule has 0 fully saturated rings. The number of carbonyl (C=O) groups is 1. The minimum Gasteiger partial charge on any atom is -0.476 e. The molecule has 0 aliphatic rings. The van der Waals surface area contributed by atoms with Gasteiger partial charge in [0, 0.05) is 19.8 Å². The third-order valence-corrected chi connectivity index (χ3v) is 3.43. The molecule has 0 aliphatic heterocycles. The van der Waals surface area contributed by atoms with Gasteiger partial charge in [0.25, 0.3) is 0 Å². The number of pyridine rings is 1. The molecule has 6 heteroatoms. The monoisotopic (exact) mass is 310 g/mol. The van der Waals surface area contributed by atoms with Crippen molar-refractivity contribution in [3.8, 4) is 0 Å². The number of halogens is 2. The van der Waals surface area contributed by atoms with E-state index in [-0.39, 0.29) is 10.7 Å². The van der Waals surface area contributed by atoms with Crippen LogP contribution in [0.2, 0.25) is 10.0 Å². The Labute approximate surface area is 126 Å². The minimum absolute atomic E-state index is 0.0448. The van der Waals surface area contributed by atoms with Gasteiger partial charge in [0.05, 0.1) is 15.7 Å². The predicted molar refractivity (Wildman–Crippen MR) is 79.8 cm³/mol. The fraction of sp³-hybridized carbons (Fsp3) is 0.143. The van der Waals surface area contributed by atoms with Crippen LogP contribution in [0.4, 0.5) is 5.69 Å². The predicted octanol–water partition coefficient (Wildman–Crippen LogP) is 3.72. The van der Waals surface area contributed by atoms with Crippen molar-refractivity contribution in [2.75, 3.05) is 11.9 Å². The molecule has 0 bridgehead atoms. The lowest BCUT2D eigenvalue weighted by Gasteiger charge is -2.22. The van der Waals surface area contributed by atoms with Crippen molar-refractivity contribution in [3.05, 3.63) is 57.8 Å². The molecule has 0 saturated heterocycles. The molecule has 4 nitrogen and oxygen atoms in total. The van der Waals surface area contributed by atoms with Gasteiger partial charge in [0.2, 0.25) is 0 Å². The number of hydrogen-bond acceptors (Lipinski definition) is 3. The van der Waals surface area contributed by atoms with Gasteiger partial charge in [-0.25, -0.2) is 9.78 Å². The maximum Gasteiger partial charge on any atom is 0.356 e. The number of hydrogen-bond donors (Lipinski definition) is 1. The summed E-state index contributed by atoms with van der Waals surface area (Å²) >= 11 is 12.2. The fourth-order valence-electron chi connectivity index (χ4n) is 1.89. The van der Waals surface area contributed by atoms with E-state index in [1.54, 1.807) is 11.9 Å². The third kappa shape index (κ3) is 3.03. The van der Waals surface area contributed by atoms with Gasteiger partial charge in [-0.05, 0) is 5.56 Å². The third-order valence-electron chi connectivity index (χ3n) is 2.80. The van der Waals surface area contributed by atoms with Crippen molar-refractivity contribution < 1.29 is 9.90 Å². The normalized spacial score (nSPS) is 10.3. The standard InChI is InChI=1S/C14H12Cl2N2O2/c1-18(8-9-5-3-2-4-6-9)13-10(15)7-17-12(11(13)16)14(19)20/h2-7H,8H2,1H3,(H,19,20). The zero-order valence-electron chi connectivity index (χ0n) is 10.7. The lowest BCUT2D eigenvalue weighted by Crippen LogP contribution is -2.18. The molecule has 0 radical (unpaired) electrons. The zero-order valence-corrected chi connectivity index (χ0v) is 12.2. The van der Waals surface area contributed by atoms with Crippen LogP contribution in [0.15, 0.2) is 36.5 Å². The second-order valence-corrected chi connectivity index (χ2v) is 5.05. The molecule has 0 unspecified atom stereocenters. The highest BCUT2D eigenvalue weighted by Gasteiger charge is 2.19. The zero-order chi connectivity index (χ0) is 14.7. The Morgan fingerprint density at radius 1 is 1.30 bits per heavy atom. The van der Waals surface area contributed by atoms with Crippen LogP contribution in [0.3, 0.4) is 0 Å². The van der Waals surface area contributed by atoms with Gasteiger partial charge >= 0.3 is 5.97 Å². The molecule has 1 aromatic heterocycles. The topological polar surface area (TPSA) is 53.4 Å². The van der Waals surface area contributed by atoms with E-state index >= 15 is 0 Å². The Morgan fingerprint density at radius 3 is 2.55 bits per heavy atom. The summed E-state index contributed by atoms with van der Waals surface area (Å²) < 4.78 is 0. The molecule has 0 saturated carbocycles. The summed E-state index contributed by atoms with van der Waals surface area (Å²) in [5.74, 6) is -1.18. The van der Waals surface area contributed by atoms with Crippen LogP contribution in [0.25, 0.3) is 0 Å². The molecular formula is C14H12Cl2N2O2. The smallest absolute Gasteiger partial charge is 0.356 e. The number of anilines is 1. The number of aromatic carboxylic acids is 1. The van der Waals surface area contributed by atoms with Crippen molar-refractivity contribution in [1.29, 1.82) is 0 Å². The van der Waals surface area contributed by atoms with E-state index in [0.29, 0.717) is 17.3 Å². The average molecular weight is 311 g/mol. The molecular weight excluding hydrogens is 299 g/mol. The highest BCUT2D eigenvalue weighted by atomic mass is 35.5. The highest BCUT2D eigenvalue weighted by Crippen LogP contribution is 2.35. The van der Waals surface area contributed by atoms with Crippen molar-refractivity contribution in [3.63, 3.8) is 0 Å². The summed E-state index contributed by atoms with van der Waals surface area (Å²) in [5, 5.41) is 9.41. The van der Waals surface area contributed by atoms with Gasteiger partial charge in [0.1, 0.15) is 0 Å². The Hall–Kier alpha value is -1.78. The van der Waals surface area contributed by atoms with Gasteiger partial charge in [-0.3, -0.25) is 0 Å². The van der Waals surface area contributed by atoms with Crippen molar-refractivity contribution >= 4 is 34.9 Å². The Bertz CT molecular complexity index is 633. The molecule has 2 aromatic rings. The summed E-state index contributed by atoms with van der Waals surface area (Å²) in [6.07, 6.45) is 1.30. The van der Waals surface area contributed by atoms with E-state index in [4.69, 9.17) is 28.3 Å². The Kier molecular flexibility index (Phi) is 4.47. The first-order valence-corrected chi connectivity index (χ1v) is 6.58. The molecule has 1 heterocycles. The molecule has 20 heavy (non-hydrogen) atoms. The second kappa shape index (κ2) is 6.11. The summed E-state index contributed by atoms with van der Waals surface area (Å²) in [6, 6.07) is 9.73. The quantitative estimate of drug-likeness (QED) is 0.935. The van der Waals surface area contributed by atoms with Crippen LogP contribution >= 0.6 is 23.2 Å². The fourth-order valence-corrected chi connectivity index (χ4v) is 2.60. The maximum absolute atomic E-state index is 11.1. The van der Waals surface area contributed by atoms with E-state index < -0.39 is 5.97 Å². The molecule has 0 atom stereocenters. The van der Waals surface area contributed by atoms with Crippen LogP contribution < -0.4 is 4.90 Å². The van der Waals surface area contributed by atoms with Gasteiger partial charge < -0.3 is 10.0 Å². The summed E-state index contributed by atoms with van der Waals surface area (Å²) in [4.78, 5) is 16.6. The number of benzene rings is 1. The largest absolute Gasteiger partial charge is 0.476 e. The highest BCUT2D eigenvalue weighted by molar-refractivity contribution is 6.40. The van der Waals surface area contributed by atoms with Crippen LogP contribution in [-0.4, -0.2) is 23.1 Å². The summed E-state index contributed by atoms with van der Waals surface area (Å²) in [7, 11) is 1.80. The van der Waals surface area contributed by atoms with Crippen LogP contribution in [0, 0.1) is 0 Å². The first kappa shape index (κ1) is 14.6. The van der Waals surface area contributed by atoms with Gasteiger partial charge in [-0.2, -0.15) is 0 Å². The van der Waals surface area contributed by atoms with E-state index in [0.717, 1.165) is 5.56 Å². The summed E-state index contributed by atoms with van der Waals surface area (Å²) in [5.41, 5.74) is 1.33. The van der Waals surface area contributed by atoms with Gasteiger partial charge in [-0.1, -0.05) is 53.5 Å². The number of carboxylic acids is 1. The molecule has 1 aromatic carbocycles. The number of aromatic nitrogens is 1. The van der Waals surface area contributed by atoms with E-state index in [1.165, 1.54) is 6.20 Å². The molecule has 104 valence electrons. The second-order valence-electron chi connectivity index (χ2n) is 4.26. The van der Waals surface area contributed by atoms with Crippen LogP contribution in [0.5, 0.6) is 0 Å². The molecule has 0 spiro atoms. The average Bonchev–Trinajstić information content (AvgIpc) is 2.39. The molecule has 0 amide bonds. The maximum atomic E-state index is 11.1. The molecule has 1 N–H and O–H groups in total. The van der Waals surface area contributed by atoms with Crippen molar-refractivity contribution in [2.24, 2.45) is 0 Å². The van der Waals surface area contributed by atoms with Gasteiger partial charge in [-0.15, -0.1) is 0 Å². The molecule has 2 rings (SSSR count). The van der Waals surface area contributed by atoms with E-state index in [2.05, 4.69) is 4.98 Å².